The van der Waals surface area contributed by atoms with Crippen molar-refractivity contribution in [3.63, 3.8) is 0 Å². The molecule has 0 aliphatic heterocycles. The Morgan fingerprint density at radius 3 is 2.86 bits per heavy atom. The van der Waals surface area contributed by atoms with Crippen molar-refractivity contribution in [1.29, 1.82) is 0 Å². The molecule has 2 amide bonds. The SMILES string of the molecule is CC[C@@H](C)NC(=O)NCc1cccn1Cc1cccc(F)c1. The Labute approximate surface area is 130 Å². The number of halogens is 1. The van der Waals surface area contributed by atoms with Gasteiger partial charge >= 0.3 is 6.03 Å². The van der Waals surface area contributed by atoms with Crippen molar-refractivity contribution in [3.8, 4) is 0 Å². The number of amides is 2. The molecule has 5 heteroatoms. The lowest BCUT2D eigenvalue weighted by Crippen LogP contribution is -2.40. The molecule has 4 nitrogen and oxygen atoms in total. The molecule has 1 heterocycles. The first-order chi connectivity index (χ1) is 10.6. The number of benzene rings is 1. The Kier molecular flexibility index (Phi) is 5.58. The van der Waals surface area contributed by atoms with Crippen LogP contribution in [0.25, 0.3) is 0 Å². The standard InChI is InChI=1S/C17H22FN3O/c1-3-13(2)20-17(22)19-11-16-8-5-9-21(16)12-14-6-4-7-15(18)10-14/h4-10,13H,3,11-12H2,1-2H3,(H2,19,20,22)/t13-/m1/s1. The molecule has 0 saturated carbocycles. The van der Waals surface area contributed by atoms with Gasteiger partial charge in [0.25, 0.3) is 0 Å². The van der Waals surface area contributed by atoms with Gasteiger partial charge in [-0.1, -0.05) is 19.1 Å². The second kappa shape index (κ2) is 7.64. The molecule has 0 aliphatic rings. The van der Waals surface area contributed by atoms with Gasteiger partial charge in [-0.15, -0.1) is 0 Å². The van der Waals surface area contributed by atoms with E-state index in [1.165, 1.54) is 12.1 Å². The Morgan fingerprint density at radius 1 is 1.32 bits per heavy atom. The molecule has 0 bridgehead atoms. The molecule has 1 aromatic heterocycles. The summed E-state index contributed by atoms with van der Waals surface area (Å²) < 4.78 is 15.2. The van der Waals surface area contributed by atoms with Crippen LogP contribution in [0.2, 0.25) is 0 Å². The maximum Gasteiger partial charge on any atom is 0.315 e. The van der Waals surface area contributed by atoms with Crippen LogP contribution in [0.1, 0.15) is 31.5 Å². The number of nitrogens with zero attached hydrogens (tertiary/aromatic N) is 1. The van der Waals surface area contributed by atoms with E-state index in [4.69, 9.17) is 0 Å². The number of carbonyl (C=O) groups is 1. The second-order valence-corrected chi connectivity index (χ2v) is 5.39. The maximum absolute atomic E-state index is 13.2. The minimum Gasteiger partial charge on any atom is -0.345 e. The lowest BCUT2D eigenvalue weighted by molar-refractivity contribution is 0.237. The first-order valence-corrected chi connectivity index (χ1v) is 7.51. The third-order valence-corrected chi connectivity index (χ3v) is 3.59. The summed E-state index contributed by atoms with van der Waals surface area (Å²) in [6, 6.07) is 10.4. The molecule has 2 rings (SSSR count). The summed E-state index contributed by atoms with van der Waals surface area (Å²) >= 11 is 0. The summed E-state index contributed by atoms with van der Waals surface area (Å²) in [5.74, 6) is -0.239. The smallest absolute Gasteiger partial charge is 0.315 e. The van der Waals surface area contributed by atoms with E-state index >= 15 is 0 Å². The number of urea groups is 1. The lowest BCUT2D eigenvalue weighted by Gasteiger charge is -2.14. The predicted octanol–water partition coefficient (Wildman–Crippen LogP) is 3.27. The van der Waals surface area contributed by atoms with Gasteiger partial charge in [-0.3, -0.25) is 0 Å². The first kappa shape index (κ1) is 16.1. The maximum atomic E-state index is 13.2. The van der Waals surface area contributed by atoms with E-state index in [-0.39, 0.29) is 17.9 Å². The van der Waals surface area contributed by atoms with Crippen molar-refractivity contribution >= 4 is 6.03 Å². The molecule has 0 unspecified atom stereocenters. The van der Waals surface area contributed by atoms with Crippen molar-refractivity contribution < 1.29 is 9.18 Å². The fourth-order valence-electron chi connectivity index (χ4n) is 2.14. The highest BCUT2D eigenvalue weighted by Gasteiger charge is 2.07. The second-order valence-electron chi connectivity index (χ2n) is 5.39. The highest BCUT2D eigenvalue weighted by atomic mass is 19.1. The highest BCUT2D eigenvalue weighted by molar-refractivity contribution is 5.74. The monoisotopic (exact) mass is 303 g/mol. The highest BCUT2D eigenvalue weighted by Crippen LogP contribution is 2.09. The quantitative estimate of drug-likeness (QED) is 0.845. The number of aromatic nitrogens is 1. The molecule has 0 saturated heterocycles. The van der Waals surface area contributed by atoms with E-state index in [2.05, 4.69) is 10.6 Å². The molecular formula is C17H22FN3O. The van der Waals surface area contributed by atoms with Gasteiger partial charge < -0.3 is 15.2 Å². The number of nitrogens with one attached hydrogen (secondary N) is 2. The van der Waals surface area contributed by atoms with Crippen LogP contribution in [-0.4, -0.2) is 16.6 Å². The van der Waals surface area contributed by atoms with Crippen molar-refractivity contribution in [3.05, 3.63) is 59.7 Å². The number of hydrogen-bond donors (Lipinski definition) is 2. The molecule has 1 atom stereocenters. The van der Waals surface area contributed by atoms with E-state index in [9.17, 15) is 9.18 Å². The lowest BCUT2D eigenvalue weighted by atomic mass is 10.2. The largest absolute Gasteiger partial charge is 0.345 e. The molecule has 0 spiro atoms. The number of hydrogen-bond acceptors (Lipinski definition) is 1. The minimum absolute atomic E-state index is 0.152. The number of carbonyl (C=O) groups excluding carboxylic acids is 1. The van der Waals surface area contributed by atoms with Gasteiger partial charge in [0.15, 0.2) is 0 Å². The van der Waals surface area contributed by atoms with Crippen molar-refractivity contribution in [2.45, 2.75) is 39.4 Å². The fraction of sp³-hybridized carbons (Fsp3) is 0.353. The van der Waals surface area contributed by atoms with E-state index in [1.807, 2.05) is 42.8 Å². The van der Waals surface area contributed by atoms with Gasteiger partial charge in [0.05, 0.1) is 6.54 Å². The van der Waals surface area contributed by atoms with Gasteiger partial charge in [-0.05, 0) is 43.2 Å². The minimum atomic E-state index is -0.239. The van der Waals surface area contributed by atoms with Crippen LogP contribution in [-0.2, 0) is 13.1 Å². The van der Waals surface area contributed by atoms with Crippen LogP contribution in [0.15, 0.2) is 42.6 Å². The Bertz CT molecular complexity index is 624. The Morgan fingerprint density at radius 2 is 2.14 bits per heavy atom. The van der Waals surface area contributed by atoms with Gasteiger partial charge in [-0.25, -0.2) is 9.18 Å². The van der Waals surface area contributed by atoms with E-state index in [0.29, 0.717) is 13.1 Å². The molecule has 0 radical (unpaired) electrons. The average Bonchev–Trinajstić information content (AvgIpc) is 2.92. The van der Waals surface area contributed by atoms with Crippen LogP contribution in [0.4, 0.5) is 9.18 Å². The van der Waals surface area contributed by atoms with Crippen molar-refractivity contribution in [2.24, 2.45) is 0 Å². The van der Waals surface area contributed by atoms with Crippen LogP contribution < -0.4 is 10.6 Å². The summed E-state index contributed by atoms with van der Waals surface area (Å²) in [6.45, 7) is 5.00. The molecule has 1 aromatic carbocycles. The molecule has 22 heavy (non-hydrogen) atoms. The van der Waals surface area contributed by atoms with E-state index in [0.717, 1.165) is 17.7 Å². The van der Waals surface area contributed by atoms with E-state index in [1.54, 1.807) is 6.07 Å². The zero-order valence-electron chi connectivity index (χ0n) is 13.0. The van der Waals surface area contributed by atoms with Crippen LogP contribution in [0.5, 0.6) is 0 Å². The molecule has 2 N–H and O–H groups in total. The average molecular weight is 303 g/mol. The molecular weight excluding hydrogens is 281 g/mol. The van der Waals surface area contributed by atoms with Crippen LogP contribution >= 0.6 is 0 Å². The van der Waals surface area contributed by atoms with Gasteiger partial charge in [0.1, 0.15) is 5.82 Å². The third kappa shape index (κ3) is 4.62. The van der Waals surface area contributed by atoms with Gasteiger partial charge in [0.2, 0.25) is 0 Å². The topological polar surface area (TPSA) is 46.1 Å². The Hall–Kier alpha value is -2.30. The van der Waals surface area contributed by atoms with Crippen molar-refractivity contribution in [2.75, 3.05) is 0 Å². The zero-order valence-corrected chi connectivity index (χ0v) is 13.0. The zero-order chi connectivity index (χ0) is 15.9. The van der Waals surface area contributed by atoms with Gasteiger partial charge in [0, 0.05) is 24.5 Å². The number of rotatable bonds is 6. The first-order valence-electron chi connectivity index (χ1n) is 7.51. The molecule has 0 fully saturated rings. The fourth-order valence-corrected chi connectivity index (χ4v) is 2.14. The Balaban J connectivity index is 1.94. The summed E-state index contributed by atoms with van der Waals surface area (Å²) in [7, 11) is 0. The van der Waals surface area contributed by atoms with Gasteiger partial charge in [-0.2, -0.15) is 0 Å². The summed E-state index contributed by atoms with van der Waals surface area (Å²) in [4.78, 5) is 11.7. The van der Waals surface area contributed by atoms with Crippen LogP contribution in [0, 0.1) is 5.82 Å². The van der Waals surface area contributed by atoms with E-state index < -0.39 is 0 Å². The summed E-state index contributed by atoms with van der Waals surface area (Å²) in [6.07, 6.45) is 2.82. The predicted molar refractivity (Wildman–Crippen MR) is 85.1 cm³/mol. The normalized spacial score (nSPS) is 12.0. The third-order valence-electron chi connectivity index (χ3n) is 3.59. The summed E-state index contributed by atoms with van der Waals surface area (Å²) in [5, 5.41) is 5.70. The van der Waals surface area contributed by atoms with Crippen molar-refractivity contribution in [1.82, 2.24) is 15.2 Å². The van der Waals surface area contributed by atoms with Crippen LogP contribution in [0.3, 0.4) is 0 Å². The molecule has 0 aliphatic carbocycles. The molecule has 118 valence electrons. The molecule has 2 aromatic rings. The summed E-state index contributed by atoms with van der Waals surface area (Å²) in [5.41, 5.74) is 1.87.